The lowest BCUT2D eigenvalue weighted by Crippen LogP contribution is -2.28. The average Bonchev–Trinajstić information content (AvgIpc) is 2.53. The summed E-state index contributed by atoms with van der Waals surface area (Å²) in [5, 5.41) is 23.2. The van der Waals surface area contributed by atoms with E-state index in [-0.39, 0.29) is 22.8 Å². The number of non-ortho nitro benzene ring substituents is 1. The number of nitro benzene ring substituents is 1. The second-order valence-electron chi connectivity index (χ2n) is 4.70. The number of nitro groups is 1. The Morgan fingerprint density at radius 1 is 1.30 bits per heavy atom. The number of amides is 1. The fraction of sp³-hybridized carbons (Fsp3) is 0.133. The number of rotatable bonds is 5. The third-order valence-corrected chi connectivity index (χ3v) is 3.45. The second-order valence-corrected chi connectivity index (χ2v) is 5.11. The summed E-state index contributed by atoms with van der Waals surface area (Å²) in [4.78, 5) is 22.1. The van der Waals surface area contributed by atoms with Crippen molar-refractivity contribution in [2.24, 2.45) is 0 Å². The van der Waals surface area contributed by atoms with E-state index in [0.29, 0.717) is 5.56 Å². The number of benzene rings is 2. The predicted molar refractivity (Wildman–Crippen MR) is 81.8 cm³/mol. The Morgan fingerprint density at radius 2 is 1.96 bits per heavy atom. The number of carbonyl (C=O) groups excluding carboxylic acids is 1. The highest BCUT2D eigenvalue weighted by Gasteiger charge is 2.17. The van der Waals surface area contributed by atoms with E-state index in [2.05, 4.69) is 5.32 Å². The maximum absolute atomic E-state index is 12.8. The minimum absolute atomic E-state index is 0.0596. The predicted octanol–water partition coefficient (Wildman–Crippen LogP) is 2.85. The van der Waals surface area contributed by atoms with Crippen molar-refractivity contribution < 1.29 is 19.2 Å². The molecule has 2 N–H and O–H groups in total. The van der Waals surface area contributed by atoms with Gasteiger partial charge in [0.25, 0.3) is 11.6 Å². The van der Waals surface area contributed by atoms with Crippen LogP contribution in [-0.4, -0.2) is 22.5 Å². The average molecular weight is 339 g/mol. The van der Waals surface area contributed by atoms with Crippen LogP contribution in [0.25, 0.3) is 0 Å². The summed E-state index contributed by atoms with van der Waals surface area (Å²) in [6.07, 6.45) is -1.04. The van der Waals surface area contributed by atoms with Gasteiger partial charge in [-0.05, 0) is 23.8 Å². The van der Waals surface area contributed by atoms with Crippen LogP contribution >= 0.6 is 11.6 Å². The zero-order valence-corrected chi connectivity index (χ0v) is 12.5. The first-order valence-electron chi connectivity index (χ1n) is 6.54. The molecule has 6 nitrogen and oxygen atoms in total. The standard InChI is InChI=1S/C15H12ClFN2O4/c16-13-6-5-11(19(22)23)7-12(13)15(21)18-8-14(20)9-1-3-10(17)4-2-9/h1-7,14,20H,8H2,(H,18,21). The highest BCUT2D eigenvalue weighted by Crippen LogP contribution is 2.22. The lowest BCUT2D eigenvalue weighted by Gasteiger charge is -2.12. The van der Waals surface area contributed by atoms with Crippen LogP contribution in [0.4, 0.5) is 10.1 Å². The van der Waals surface area contributed by atoms with Crippen LogP contribution in [0.5, 0.6) is 0 Å². The summed E-state index contributed by atoms with van der Waals surface area (Å²) in [6.45, 7) is -0.149. The van der Waals surface area contributed by atoms with Crippen molar-refractivity contribution >= 4 is 23.2 Å². The summed E-state index contributed by atoms with van der Waals surface area (Å²) < 4.78 is 12.8. The third-order valence-electron chi connectivity index (χ3n) is 3.12. The number of carbonyl (C=O) groups is 1. The van der Waals surface area contributed by atoms with E-state index < -0.39 is 22.8 Å². The molecule has 1 amide bonds. The SMILES string of the molecule is O=C(NCC(O)c1ccc(F)cc1)c1cc([N+](=O)[O-])ccc1Cl. The number of hydrogen-bond donors (Lipinski definition) is 2. The molecule has 2 aromatic carbocycles. The van der Waals surface area contributed by atoms with E-state index in [0.717, 1.165) is 6.07 Å². The van der Waals surface area contributed by atoms with E-state index in [4.69, 9.17) is 11.6 Å². The first kappa shape index (κ1) is 16.9. The fourth-order valence-corrected chi connectivity index (χ4v) is 2.09. The highest BCUT2D eigenvalue weighted by molar-refractivity contribution is 6.33. The Balaban J connectivity index is 2.06. The van der Waals surface area contributed by atoms with Crippen molar-refractivity contribution in [1.82, 2.24) is 5.32 Å². The van der Waals surface area contributed by atoms with Crippen LogP contribution in [0.3, 0.4) is 0 Å². The normalized spacial score (nSPS) is 11.8. The summed E-state index contributed by atoms with van der Waals surface area (Å²) in [6, 6.07) is 8.67. The molecule has 1 atom stereocenters. The Hall–Kier alpha value is -2.51. The van der Waals surface area contributed by atoms with Gasteiger partial charge in [-0.25, -0.2) is 4.39 Å². The Bertz CT molecular complexity index is 737. The van der Waals surface area contributed by atoms with Gasteiger partial charge in [-0.15, -0.1) is 0 Å². The van der Waals surface area contributed by atoms with Gasteiger partial charge in [0.2, 0.25) is 0 Å². The van der Waals surface area contributed by atoms with Gasteiger partial charge in [0.1, 0.15) is 5.82 Å². The number of hydrogen-bond acceptors (Lipinski definition) is 4. The molecule has 0 radical (unpaired) electrons. The molecule has 2 aromatic rings. The van der Waals surface area contributed by atoms with Crippen LogP contribution in [0, 0.1) is 15.9 Å². The Labute approximate surface area is 135 Å². The molecular formula is C15H12ClFN2O4. The van der Waals surface area contributed by atoms with Gasteiger partial charge in [0, 0.05) is 18.7 Å². The summed E-state index contributed by atoms with van der Waals surface area (Å²) in [5.41, 5.74) is 0.0997. The third kappa shape index (κ3) is 4.24. The van der Waals surface area contributed by atoms with Gasteiger partial charge in [0.05, 0.1) is 21.6 Å². The number of aliphatic hydroxyl groups excluding tert-OH is 1. The largest absolute Gasteiger partial charge is 0.387 e. The number of nitrogens with one attached hydrogen (secondary N) is 1. The Morgan fingerprint density at radius 3 is 2.57 bits per heavy atom. The molecule has 23 heavy (non-hydrogen) atoms. The van der Waals surface area contributed by atoms with Crippen molar-refractivity contribution in [2.75, 3.05) is 6.54 Å². The van der Waals surface area contributed by atoms with Gasteiger partial charge in [-0.2, -0.15) is 0 Å². The van der Waals surface area contributed by atoms with Crippen molar-refractivity contribution in [3.8, 4) is 0 Å². The zero-order valence-electron chi connectivity index (χ0n) is 11.7. The molecule has 0 bridgehead atoms. The van der Waals surface area contributed by atoms with E-state index in [1.54, 1.807) is 0 Å². The number of nitrogens with zero attached hydrogens (tertiary/aromatic N) is 1. The Kier molecular flexibility index (Phi) is 5.25. The van der Waals surface area contributed by atoms with Crippen molar-refractivity contribution in [1.29, 1.82) is 0 Å². The highest BCUT2D eigenvalue weighted by atomic mass is 35.5. The molecule has 0 spiro atoms. The van der Waals surface area contributed by atoms with Gasteiger partial charge < -0.3 is 10.4 Å². The first-order chi connectivity index (χ1) is 10.9. The van der Waals surface area contributed by atoms with Gasteiger partial charge in [-0.1, -0.05) is 23.7 Å². The van der Waals surface area contributed by atoms with Crippen molar-refractivity contribution in [2.45, 2.75) is 6.10 Å². The van der Waals surface area contributed by atoms with E-state index >= 15 is 0 Å². The molecule has 0 heterocycles. The van der Waals surface area contributed by atoms with Crippen LogP contribution in [0.2, 0.25) is 5.02 Å². The first-order valence-corrected chi connectivity index (χ1v) is 6.92. The molecule has 0 saturated heterocycles. The van der Waals surface area contributed by atoms with E-state index in [9.17, 15) is 24.4 Å². The summed E-state index contributed by atoms with van der Waals surface area (Å²) >= 11 is 5.86. The second kappa shape index (κ2) is 7.17. The molecule has 0 aromatic heterocycles. The van der Waals surface area contributed by atoms with Crippen molar-refractivity contribution in [3.05, 3.63) is 74.5 Å². The minimum atomic E-state index is -1.04. The molecule has 0 aliphatic rings. The smallest absolute Gasteiger partial charge is 0.270 e. The summed E-state index contributed by atoms with van der Waals surface area (Å²) in [5.74, 6) is -1.09. The summed E-state index contributed by atoms with van der Waals surface area (Å²) in [7, 11) is 0. The molecule has 0 saturated carbocycles. The molecular weight excluding hydrogens is 327 g/mol. The molecule has 2 rings (SSSR count). The van der Waals surface area contributed by atoms with Crippen LogP contribution in [0.15, 0.2) is 42.5 Å². The minimum Gasteiger partial charge on any atom is -0.387 e. The lowest BCUT2D eigenvalue weighted by molar-refractivity contribution is -0.384. The topological polar surface area (TPSA) is 92.5 Å². The van der Waals surface area contributed by atoms with E-state index in [1.807, 2.05) is 0 Å². The van der Waals surface area contributed by atoms with E-state index in [1.165, 1.54) is 36.4 Å². The quantitative estimate of drug-likeness (QED) is 0.647. The maximum atomic E-state index is 12.8. The van der Waals surface area contributed by atoms with Crippen LogP contribution in [0.1, 0.15) is 22.0 Å². The maximum Gasteiger partial charge on any atom is 0.270 e. The van der Waals surface area contributed by atoms with Crippen molar-refractivity contribution in [3.63, 3.8) is 0 Å². The molecule has 0 aliphatic heterocycles. The van der Waals surface area contributed by atoms with Crippen LogP contribution < -0.4 is 5.32 Å². The lowest BCUT2D eigenvalue weighted by atomic mass is 10.1. The molecule has 0 fully saturated rings. The zero-order chi connectivity index (χ0) is 17.0. The molecule has 8 heteroatoms. The molecule has 1 unspecified atom stereocenters. The molecule has 0 aliphatic carbocycles. The number of aliphatic hydroxyl groups is 1. The number of halogens is 2. The monoisotopic (exact) mass is 338 g/mol. The van der Waals surface area contributed by atoms with Crippen LogP contribution in [-0.2, 0) is 0 Å². The fourth-order valence-electron chi connectivity index (χ4n) is 1.89. The van der Waals surface area contributed by atoms with Gasteiger partial charge >= 0.3 is 0 Å². The van der Waals surface area contributed by atoms with Gasteiger partial charge in [-0.3, -0.25) is 14.9 Å². The molecule has 120 valence electrons. The van der Waals surface area contributed by atoms with Gasteiger partial charge in [0.15, 0.2) is 0 Å².